The van der Waals surface area contributed by atoms with Crippen molar-refractivity contribution in [3.05, 3.63) is 29.5 Å². The summed E-state index contributed by atoms with van der Waals surface area (Å²) in [4.78, 5) is 0. The van der Waals surface area contributed by atoms with Gasteiger partial charge in [0.25, 0.3) is 0 Å². The summed E-state index contributed by atoms with van der Waals surface area (Å²) in [7, 11) is 1.71. The van der Waals surface area contributed by atoms with Crippen LogP contribution in [0, 0.1) is 0 Å². The summed E-state index contributed by atoms with van der Waals surface area (Å²) in [5.41, 5.74) is 10.5. The molecule has 1 aromatic carbocycles. The second kappa shape index (κ2) is 4.32. The van der Waals surface area contributed by atoms with E-state index in [4.69, 9.17) is 10.5 Å². The van der Waals surface area contributed by atoms with Gasteiger partial charge in [-0.05, 0) is 43.4 Å². The van der Waals surface area contributed by atoms with Crippen molar-refractivity contribution in [2.45, 2.75) is 38.8 Å². The van der Waals surface area contributed by atoms with E-state index >= 15 is 0 Å². The largest absolute Gasteiger partial charge is 0.497 e. The first-order valence-corrected chi connectivity index (χ1v) is 6.71. The molecule has 1 aromatic heterocycles. The summed E-state index contributed by atoms with van der Waals surface area (Å²) >= 11 is 0. The quantitative estimate of drug-likeness (QED) is 0.901. The molecule has 0 bridgehead atoms. The molecule has 96 valence electrons. The van der Waals surface area contributed by atoms with E-state index in [-0.39, 0.29) is 6.17 Å². The molecule has 2 N–H and O–H groups in total. The maximum absolute atomic E-state index is 6.29. The van der Waals surface area contributed by atoms with Crippen molar-refractivity contribution in [1.29, 1.82) is 0 Å². The fourth-order valence-electron chi connectivity index (χ4n) is 3.08. The molecule has 1 atom stereocenters. The van der Waals surface area contributed by atoms with Crippen LogP contribution < -0.4 is 10.5 Å². The molecular formula is C15H20N2O. The number of hydrogen-bond donors (Lipinski definition) is 1. The maximum atomic E-state index is 6.29. The fourth-order valence-corrected chi connectivity index (χ4v) is 3.08. The number of benzene rings is 1. The molecule has 0 amide bonds. The zero-order valence-corrected chi connectivity index (χ0v) is 11.1. The number of nitrogens with two attached hydrogens (primary N) is 1. The minimum absolute atomic E-state index is 0.0708. The maximum Gasteiger partial charge on any atom is 0.120 e. The monoisotopic (exact) mass is 244 g/mol. The van der Waals surface area contributed by atoms with Crippen molar-refractivity contribution in [3.63, 3.8) is 0 Å². The van der Waals surface area contributed by atoms with E-state index < -0.39 is 0 Å². The van der Waals surface area contributed by atoms with Crippen LogP contribution in [0.2, 0.25) is 0 Å². The van der Waals surface area contributed by atoms with E-state index in [2.05, 4.69) is 23.6 Å². The summed E-state index contributed by atoms with van der Waals surface area (Å²) < 4.78 is 7.66. The molecule has 3 nitrogen and oxygen atoms in total. The molecule has 0 fully saturated rings. The normalized spacial score (nSPS) is 15.9. The Kier molecular flexibility index (Phi) is 2.78. The molecule has 0 saturated heterocycles. The molecule has 18 heavy (non-hydrogen) atoms. The van der Waals surface area contributed by atoms with Gasteiger partial charge in [0.05, 0.1) is 18.8 Å². The van der Waals surface area contributed by atoms with Gasteiger partial charge in [-0.1, -0.05) is 6.92 Å². The molecule has 0 spiro atoms. The van der Waals surface area contributed by atoms with Crippen molar-refractivity contribution in [3.8, 4) is 5.75 Å². The highest BCUT2D eigenvalue weighted by Crippen LogP contribution is 2.36. The summed E-state index contributed by atoms with van der Waals surface area (Å²) in [6.45, 7) is 2.14. The van der Waals surface area contributed by atoms with Crippen LogP contribution in [0.15, 0.2) is 18.2 Å². The Morgan fingerprint density at radius 2 is 2.22 bits per heavy atom. The lowest BCUT2D eigenvalue weighted by Crippen LogP contribution is -2.19. The number of methoxy groups -OCH3 is 1. The minimum atomic E-state index is 0.0708. The molecule has 1 aliphatic carbocycles. The first kappa shape index (κ1) is 11.6. The Hall–Kier alpha value is -1.48. The van der Waals surface area contributed by atoms with Gasteiger partial charge in [-0.3, -0.25) is 0 Å². The van der Waals surface area contributed by atoms with E-state index in [1.807, 2.05) is 6.07 Å². The van der Waals surface area contributed by atoms with Crippen LogP contribution in [0.1, 0.15) is 37.2 Å². The van der Waals surface area contributed by atoms with Gasteiger partial charge in [0.2, 0.25) is 0 Å². The number of hydrogen-bond acceptors (Lipinski definition) is 2. The van der Waals surface area contributed by atoms with Gasteiger partial charge in [0.15, 0.2) is 0 Å². The average molecular weight is 244 g/mol. The smallest absolute Gasteiger partial charge is 0.120 e. The average Bonchev–Trinajstić information content (AvgIpc) is 2.97. The van der Waals surface area contributed by atoms with Crippen molar-refractivity contribution in [2.24, 2.45) is 5.73 Å². The molecule has 3 heteroatoms. The number of fused-ring (bicyclic) bond motifs is 3. The standard InChI is InChI=1S/C15H20N2O/c1-3-15(16)17-13-6-4-5-11(13)12-8-7-10(18-2)9-14(12)17/h7-9,15H,3-6,16H2,1-2H3. The fraction of sp³-hybridized carbons (Fsp3) is 0.467. The van der Waals surface area contributed by atoms with Crippen molar-refractivity contribution in [1.82, 2.24) is 4.57 Å². The summed E-state index contributed by atoms with van der Waals surface area (Å²) in [6.07, 6.45) is 4.61. The Morgan fingerprint density at radius 3 is 2.94 bits per heavy atom. The third-order valence-corrected chi connectivity index (χ3v) is 4.02. The third kappa shape index (κ3) is 1.54. The SMILES string of the molecule is CCC(N)n1c2c(c3ccc(OC)cc31)CCC2. The second-order valence-corrected chi connectivity index (χ2v) is 5.01. The Labute approximate surface area is 108 Å². The molecule has 1 heterocycles. The zero-order chi connectivity index (χ0) is 12.7. The van der Waals surface area contributed by atoms with E-state index in [0.717, 1.165) is 18.6 Å². The minimum Gasteiger partial charge on any atom is -0.497 e. The van der Waals surface area contributed by atoms with Crippen molar-refractivity contribution >= 4 is 10.9 Å². The molecule has 0 saturated carbocycles. The summed E-state index contributed by atoms with van der Waals surface area (Å²) in [6, 6.07) is 6.34. The van der Waals surface area contributed by atoms with E-state index in [9.17, 15) is 0 Å². The van der Waals surface area contributed by atoms with Crippen molar-refractivity contribution < 1.29 is 4.74 Å². The van der Waals surface area contributed by atoms with Gasteiger partial charge in [0, 0.05) is 17.1 Å². The number of aryl methyl sites for hydroxylation is 1. The molecule has 0 aliphatic heterocycles. The third-order valence-electron chi connectivity index (χ3n) is 4.02. The number of ether oxygens (including phenoxy) is 1. The molecule has 0 radical (unpaired) electrons. The van der Waals surface area contributed by atoms with Crippen LogP contribution in [0.4, 0.5) is 0 Å². The van der Waals surface area contributed by atoms with Gasteiger partial charge in [-0.2, -0.15) is 0 Å². The number of nitrogens with zero attached hydrogens (tertiary/aromatic N) is 1. The molecule has 1 aliphatic rings. The highest BCUT2D eigenvalue weighted by Gasteiger charge is 2.23. The predicted molar refractivity (Wildman–Crippen MR) is 74.0 cm³/mol. The number of aromatic nitrogens is 1. The first-order chi connectivity index (χ1) is 8.76. The van der Waals surface area contributed by atoms with Crippen LogP contribution in [0.3, 0.4) is 0 Å². The predicted octanol–water partition coefficient (Wildman–Crippen LogP) is 3.01. The molecular weight excluding hydrogens is 224 g/mol. The van der Waals surface area contributed by atoms with Crippen LogP contribution in [-0.2, 0) is 12.8 Å². The molecule has 1 unspecified atom stereocenters. The van der Waals surface area contributed by atoms with Crippen LogP contribution in [-0.4, -0.2) is 11.7 Å². The van der Waals surface area contributed by atoms with Gasteiger partial charge >= 0.3 is 0 Å². The van der Waals surface area contributed by atoms with E-state index in [1.165, 1.54) is 35.0 Å². The van der Waals surface area contributed by atoms with Crippen LogP contribution in [0.5, 0.6) is 5.75 Å². The van der Waals surface area contributed by atoms with Gasteiger partial charge in [-0.15, -0.1) is 0 Å². The lowest BCUT2D eigenvalue weighted by Gasteiger charge is -2.16. The zero-order valence-electron chi connectivity index (χ0n) is 11.1. The van der Waals surface area contributed by atoms with E-state index in [0.29, 0.717) is 0 Å². The first-order valence-electron chi connectivity index (χ1n) is 6.71. The summed E-state index contributed by atoms with van der Waals surface area (Å²) in [5, 5.41) is 1.35. The topological polar surface area (TPSA) is 40.2 Å². The van der Waals surface area contributed by atoms with Gasteiger partial charge in [-0.25, -0.2) is 0 Å². The highest BCUT2D eigenvalue weighted by atomic mass is 16.5. The molecule has 3 rings (SSSR count). The lowest BCUT2D eigenvalue weighted by atomic mass is 10.1. The summed E-state index contributed by atoms with van der Waals surface area (Å²) in [5.74, 6) is 0.906. The Balaban J connectivity index is 2.29. The van der Waals surface area contributed by atoms with Crippen LogP contribution in [0.25, 0.3) is 10.9 Å². The van der Waals surface area contributed by atoms with Gasteiger partial charge < -0.3 is 15.0 Å². The Bertz CT molecular complexity index is 586. The lowest BCUT2D eigenvalue weighted by molar-refractivity contribution is 0.415. The van der Waals surface area contributed by atoms with E-state index in [1.54, 1.807) is 7.11 Å². The molecule has 2 aromatic rings. The highest BCUT2D eigenvalue weighted by molar-refractivity contribution is 5.87. The number of rotatable bonds is 3. The second-order valence-electron chi connectivity index (χ2n) is 5.01. The van der Waals surface area contributed by atoms with Crippen molar-refractivity contribution in [2.75, 3.05) is 7.11 Å². The van der Waals surface area contributed by atoms with Crippen LogP contribution >= 0.6 is 0 Å². The van der Waals surface area contributed by atoms with Gasteiger partial charge in [0.1, 0.15) is 5.75 Å². The Morgan fingerprint density at radius 1 is 1.39 bits per heavy atom.